The van der Waals surface area contributed by atoms with E-state index in [1.165, 1.54) is 6.92 Å². The van der Waals surface area contributed by atoms with Gasteiger partial charge in [0.05, 0.1) is 6.61 Å². The number of carbonyl (C=O) groups is 1. The minimum absolute atomic E-state index is 0.149. The molecule has 0 aromatic rings. The summed E-state index contributed by atoms with van der Waals surface area (Å²) in [6.07, 6.45) is 0. The van der Waals surface area contributed by atoms with Crippen molar-refractivity contribution in [3.63, 3.8) is 0 Å². The maximum absolute atomic E-state index is 13.2. The summed E-state index contributed by atoms with van der Waals surface area (Å²) in [5, 5.41) is 6.40. The topological polar surface area (TPSA) is 84.3 Å². The van der Waals surface area contributed by atoms with E-state index in [1.54, 1.807) is 0 Å². The Hall–Kier alpha value is -0.500. The molecule has 0 spiro atoms. The number of ether oxygens (including phenoxy) is 1. The van der Waals surface area contributed by atoms with E-state index >= 15 is 0 Å². The minimum atomic E-state index is -4.60. The lowest BCUT2D eigenvalue weighted by atomic mass is 10.7. The molecule has 1 atom stereocenters. The molecule has 0 saturated carbocycles. The van der Waals surface area contributed by atoms with Gasteiger partial charge in [-0.05, 0) is 22.9 Å². The standard InChI is InChI=1S/C5H7BrFNO4S/c1-2-12-4(9)5(6,7)13(10,11)3-8/h3,8H,2H2,1H3. The number of nitrogens with one attached hydrogen (secondary N) is 1. The number of alkyl halides is 2. The van der Waals surface area contributed by atoms with Crippen molar-refractivity contribution in [1.29, 1.82) is 5.41 Å². The zero-order chi connectivity index (χ0) is 10.7. The monoisotopic (exact) mass is 275 g/mol. The number of sulfone groups is 1. The molecule has 13 heavy (non-hydrogen) atoms. The fourth-order valence-electron chi connectivity index (χ4n) is 0.405. The Balaban J connectivity index is 4.97. The summed E-state index contributed by atoms with van der Waals surface area (Å²) < 4.78 is 35.5. The van der Waals surface area contributed by atoms with Gasteiger partial charge in [0, 0.05) is 0 Å². The Labute approximate surface area is 82.8 Å². The van der Waals surface area contributed by atoms with Gasteiger partial charge < -0.3 is 4.74 Å². The smallest absolute Gasteiger partial charge is 0.371 e. The van der Waals surface area contributed by atoms with Gasteiger partial charge in [-0.25, -0.2) is 13.2 Å². The predicted octanol–water partition coefficient (Wildman–Crippen LogP) is 0.590. The van der Waals surface area contributed by atoms with Crippen molar-refractivity contribution in [3.05, 3.63) is 0 Å². The zero-order valence-electron chi connectivity index (χ0n) is 6.58. The van der Waals surface area contributed by atoms with Crippen molar-refractivity contribution in [2.45, 2.75) is 10.8 Å². The van der Waals surface area contributed by atoms with Gasteiger partial charge in [0.1, 0.15) is 5.55 Å². The first kappa shape index (κ1) is 12.5. The summed E-state index contributed by atoms with van der Waals surface area (Å²) in [4.78, 5) is 10.7. The lowest BCUT2D eigenvalue weighted by molar-refractivity contribution is -0.146. The van der Waals surface area contributed by atoms with Gasteiger partial charge in [-0.15, -0.1) is 0 Å². The van der Waals surface area contributed by atoms with Gasteiger partial charge in [-0.2, -0.15) is 4.39 Å². The fourth-order valence-corrected chi connectivity index (χ4v) is 1.24. The number of hydrogen-bond acceptors (Lipinski definition) is 5. The average Bonchev–Trinajstić information content (AvgIpc) is 2.04. The molecule has 0 aliphatic rings. The predicted molar refractivity (Wildman–Crippen MR) is 47.1 cm³/mol. The number of rotatable bonds is 4. The molecule has 0 aromatic heterocycles. The molecule has 0 heterocycles. The molecular weight excluding hydrogens is 269 g/mol. The Bertz CT molecular complexity index is 312. The van der Waals surface area contributed by atoms with Crippen LogP contribution in [0.25, 0.3) is 0 Å². The summed E-state index contributed by atoms with van der Waals surface area (Å²) in [5.74, 6) is -1.58. The van der Waals surface area contributed by atoms with Crippen LogP contribution in [0, 0.1) is 5.41 Å². The second kappa shape index (κ2) is 4.14. The van der Waals surface area contributed by atoms with Gasteiger partial charge in [-0.3, -0.25) is 5.41 Å². The van der Waals surface area contributed by atoms with Crippen LogP contribution < -0.4 is 0 Å². The van der Waals surface area contributed by atoms with Crippen LogP contribution >= 0.6 is 15.9 Å². The average molecular weight is 276 g/mol. The molecule has 0 rings (SSSR count). The van der Waals surface area contributed by atoms with Crippen molar-refractivity contribution < 1.29 is 22.3 Å². The van der Waals surface area contributed by atoms with Crippen molar-refractivity contribution in [3.8, 4) is 0 Å². The summed E-state index contributed by atoms with van der Waals surface area (Å²) in [6.45, 7) is 1.25. The maximum atomic E-state index is 13.2. The fraction of sp³-hybridized carbons (Fsp3) is 0.600. The van der Waals surface area contributed by atoms with E-state index in [-0.39, 0.29) is 12.2 Å². The lowest BCUT2D eigenvalue weighted by Crippen LogP contribution is -2.38. The number of carbonyl (C=O) groups excluding carboxylic acids is 1. The van der Waals surface area contributed by atoms with E-state index in [9.17, 15) is 17.6 Å². The van der Waals surface area contributed by atoms with Crippen LogP contribution in [0.2, 0.25) is 0 Å². The van der Waals surface area contributed by atoms with Crippen LogP contribution in [-0.4, -0.2) is 30.5 Å². The van der Waals surface area contributed by atoms with Crippen LogP contribution in [-0.2, 0) is 19.4 Å². The Morgan fingerprint density at radius 2 is 2.23 bits per heavy atom. The molecule has 0 saturated heterocycles. The first-order chi connectivity index (χ1) is 5.79. The zero-order valence-corrected chi connectivity index (χ0v) is 8.98. The van der Waals surface area contributed by atoms with E-state index in [0.717, 1.165) is 0 Å². The second-order valence-electron chi connectivity index (χ2n) is 1.90. The largest absolute Gasteiger partial charge is 0.462 e. The third-order valence-corrected chi connectivity index (χ3v) is 3.89. The molecule has 76 valence electrons. The molecule has 0 radical (unpaired) electrons. The Kier molecular flexibility index (Phi) is 3.98. The molecule has 5 nitrogen and oxygen atoms in total. The van der Waals surface area contributed by atoms with Gasteiger partial charge in [0.2, 0.25) is 9.84 Å². The molecule has 0 fully saturated rings. The Morgan fingerprint density at radius 3 is 2.54 bits per heavy atom. The van der Waals surface area contributed by atoms with Crippen LogP contribution in [0.4, 0.5) is 4.39 Å². The normalized spacial score (nSPS) is 15.9. The van der Waals surface area contributed by atoms with Crippen molar-refractivity contribution in [2.75, 3.05) is 6.61 Å². The summed E-state index contributed by atoms with van der Waals surface area (Å²) >= 11 is 2.05. The van der Waals surface area contributed by atoms with Crippen LogP contribution in [0.15, 0.2) is 0 Å². The van der Waals surface area contributed by atoms with Gasteiger partial charge in [0.15, 0.2) is 0 Å². The van der Waals surface area contributed by atoms with E-state index in [1.807, 2.05) is 15.9 Å². The highest BCUT2D eigenvalue weighted by atomic mass is 79.9. The summed E-state index contributed by atoms with van der Waals surface area (Å²) in [6, 6.07) is 0. The van der Waals surface area contributed by atoms with Gasteiger partial charge in [-0.1, -0.05) is 0 Å². The highest BCUT2D eigenvalue weighted by molar-refractivity contribution is 9.12. The molecule has 0 aromatic carbocycles. The van der Waals surface area contributed by atoms with Crippen LogP contribution in [0.5, 0.6) is 0 Å². The highest BCUT2D eigenvalue weighted by Crippen LogP contribution is 2.28. The number of halogens is 2. The van der Waals surface area contributed by atoms with E-state index in [4.69, 9.17) is 5.41 Å². The summed E-state index contributed by atoms with van der Waals surface area (Å²) in [7, 11) is -4.60. The van der Waals surface area contributed by atoms with E-state index in [0.29, 0.717) is 0 Å². The molecule has 1 N–H and O–H groups in total. The Morgan fingerprint density at radius 1 is 1.77 bits per heavy atom. The first-order valence-electron chi connectivity index (χ1n) is 3.09. The van der Waals surface area contributed by atoms with Crippen LogP contribution in [0.1, 0.15) is 6.92 Å². The minimum Gasteiger partial charge on any atom is -0.462 e. The third kappa shape index (κ3) is 2.47. The second-order valence-corrected chi connectivity index (χ2v) is 5.41. The number of hydrogen-bond donors (Lipinski definition) is 1. The van der Waals surface area contributed by atoms with Crippen molar-refractivity contribution >= 4 is 37.3 Å². The van der Waals surface area contributed by atoms with Gasteiger partial charge >= 0.3 is 9.88 Å². The molecule has 0 amide bonds. The van der Waals surface area contributed by atoms with Crippen LogP contribution in [0.3, 0.4) is 0 Å². The quantitative estimate of drug-likeness (QED) is 0.352. The van der Waals surface area contributed by atoms with Crippen molar-refractivity contribution in [1.82, 2.24) is 0 Å². The lowest BCUT2D eigenvalue weighted by Gasteiger charge is -2.13. The molecule has 0 aliphatic heterocycles. The summed E-state index contributed by atoms with van der Waals surface area (Å²) in [5.41, 5.74) is -0.154. The number of esters is 1. The molecule has 0 aliphatic carbocycles. The highest BCUT2D eigenvalue weighted by Gasteiger charge is 2.50. The van der Waals surface area contributed by atoms with Gasteiger partial charge in [0.25, 0.3) is 0 Å². The first-order valence-corrected chi connectivity index (χ1v) is 5.43. The van der Waals surface area contributed by atoms with E-state index in [2.05, 4.69) is 4.74 Å². The molecular formula is C5H7BrFNO4S. The molecule has 0 bridgehead atoms. The third-order valence-electron chi connectivity index (χ3n) is 1.03. The van der Waals surface area contributed by atoms with E-state index < -0.39 is 19.7 Å². The van der Waals surface area contributed by atoms with Crippen molar-refractivity contribution in [2.24, 2.45) is 0 Å². The SMILES string of the molecule is CCOC(=O)C(F)(Br)S(=O)(=O)C=N. The maximum Gasteiger partial charge on any atom is 0.371 e. The molecule has 1 unspecified atom stereocenters. The molecule has 8 heteroatoms.